The lowest BCUT2D eigenvalue weighted by Crippen LogP contribution is -2.71. The van der Waals surface area contributed by atoms with Crippen LogP contribution in [-0.4, -0.2) is 108 Å². The van der Waals surface area contributed by atoms with Gasteiger partial charge in [0.15, 0.2) is 23.2 Å². The van der Waals surface area contributed by atoms with Gasteiger partial charge in [0.1, 0.15) is 28.5 Å². The lowest BCUT2D eigenvalue weighted by molar-refractivity contribution is -0.150. The number of pyridine rings is 1. The van der Waals surface area contributed by atoms with E-state index in [0.717, 1.165) is 40.3 Å². The maximum Gasteiger partial charge on any atom is 0.352 e. The SMILES string of the molecule is Nc1nc(/C(=N\OCc2cc(=O)c(O)cn2O)C(=O)N[C@@H]2C(=O)N3C(C(=O)O)=C(CSc4nnnn4CCO)CS[C@H]23)cs1. The highest BCUT2D eigenvalue weighted by Gasteiger charge is 2.54. The number of hydrogen-bond acceptors (Lipinski definition) is 17. The van der Waals surface area contributed by atoms with E-state index in [4.69, 9.17) is 15.7 Å². The summed E-state index contributed by atoms with van der Waals surface area (Å²) in [7, 11) is 0. The van der Waals surface area contributed by atoms with Crippen LogP contribution in [0.15, 0.2) is 44.0 Å². The van der Waals surface area contributed by atoms with Crippen molar-refractivity contribution >= 4 is 63.5 Å². The summed E-state index contributed by atoms with van der Waals surface area (Å²) in [4.78, 5) is 60.7. The molecule has 44 heavy (non-hydrogen) atoms. The number of oxime groups is 1. The molecule has 0 spiro atoms. The van der Waals surface area contributed by atoms with Crippen LogP contribution in [0.2, 0.25) is 0 Å². The number of nitrogen functional groups attached to an aromatic ring is 1. The molecule has 5 heterocycles. The van der Waals surface area contributed by atoms with Gasteiger partial charge in [-0.1, -0.05) is 16.9 Å². The number of rotatable bonds is 12. The number of carboxylic acid groups (broad SMARTS) is 1. The summed E-state index contributed by atoms with van der Waals surface area (Å²) in [6.45, 7) is -0.518. The van der Waals surface area contributed by atoms with Crippen LogP contribution in [0.1, 0.15) is 11.4 Å². The zero-order valence-corrected chi connectivity index (χ0v) is 24.6. The van der Waals surface area contributed by atoms with E-state index in [1.165, 1.54) is 21.8 Å². The zero-order valence-electron chi connectivity index (χ0n) is 22.1. The van der Waals surface area contributed by atoms with Gasteiger partial charge in [-0.3, -0.25) is 19.3 Å². The second-order valence-corrected chi connectivity index (χ2v) is 11.9. The van der Waals surface area contributed by atoms with Crippen LogP contribution in [0.25, 0.3) is 0 Å². The molecule has 1 saturated heterocycles. The summed E-state index contributed by atoms with van der Waals surface area (Å²) in [5.74, 6) is -3.14. The molecular weight excluding hydrogens is 645 g/mol. The van der Waals surface area contributed by atoms with Gasteiger partial charge in [-0.25, -0.2) is 14.5 Å². The van der Waals surface area contributed by atoms with E-state index >= 15 is 0 Å². The molecule has 2 amide bonds. The van der Waals surface area contributed by atoms with Crippen molar-refractivity contribution in [3.63, 3.8) is 0 Å². The highest BCUT2D eigenvalue weighted by molar-refractivity contribution is 8.01. The molecular formula is C22H22N10O9S3. The van der Waals surface area contributed by atoms with Crippen LogP contribution in [0.4, 0.5) is 5.13 Å². The number of aromatic hydroxyl groups is 1. The van der Waals surface area contributed by atoms with Crippen molar-refractivity contribution in [3.05, 3.63) is 50.5 Å². The minimum atomic E-state index is -1.32. The number of aliphatic hydroxyl groups excluding tert-OH is 1. The number of aliphatic hydroxyl groups is 1. The normalized spacial score (nSPS) is 18.2. The predicted molar refractivity (Wildman–Crippen MR) is 153 cm³/mol. The van der Waals surface area contributed by atoms with Crippen LogP contribution in [0.3, 0.4) is 0 Å². The highest BCUT2D eigenvalue weighted by atomic mass is 32.2. The number of thiazole rings is 1. The van der Waals surface area contributed by atoms with E-state index in [9.17, 15) is 34.6 Å². The molecule has 0 radical (unpaired) electrons. The lowest BCUT2D eigenvalue weighted by Gasteiger charge is -2.49. The van der Waals surface area contributed by atoms with Crippen LogP contribution in [-0.2, 0) is 32.4 Å². The van der Waals surface area contributed by atoms with E-state index in [1.54, 1.807) is 0 Å². The zero-order chi connectivity index (χ0) is 31.5. The first kappa shape index (κ1) is 30.8. The number of carboxylic acids is 1. The third-order valence-electron chi connectivity index (χ3n) is 6.16. The standard InChI is InChI=1S/C22H22N10O9S3/c23-21-24-11(8-43-21)14(27-41-5-10-3-12(34)13(35)4-31(10)40)17(36)25-15-18(37)32-16(20(38)39)9(6-42-19(15)32)7-44-22-26-28-29-30(22)1-2-33/h3-4,8,15,19,33,35,40H,1-2,5-7H2,(H2,23,24)(H,25,36)(H,38,39)/b27-14+/t15-,19-/m1/s1. The average Bonchev–Trinajstić information content (AvgIpc) is 3.63. The summed E-state index contributed by atoms with van der Waals surface area (Å²) in [5.41, 5.74) is 4.73. The van der Waals surface area contributed by atoms with Gasteiger partial charge in [-0.15, -0.1) is 28.2 Å². The van der Waals surface area contributed by atoms with Gasteiger partial charge in [0.2, 0.25) is 10.6 Å². The number of nitrogens with zero attached hydrogens (tertiary/aromatic N) is 8. The summed E-state index contributed by atoms with van der Waals surface area (Å²) < 4.78 is 1.82. The number of aliphatic carboxylic acids is 1. The molecule has 2 atom stereocenters. The number of fused-ring (bicyclic) bond motifs is 1. The molecule has 232 valence electrons. The Labute approximate surface area is 257 Å². The molecule has 0 aromatic carbocycles. The topological polar surface area (TPSA) is 274 Å². The van der Waals surface area contributed by atoms with Gasteiger partial charge < -0.3 is 36.4 Å². The van der Waals surface area contributed by atoms with Gasteiger partial charge in [-0.2, -0.15) is 4.73 Å². The molecule has 0 aliphatic carbocycles. The van der Waals surface area contributed by atoms with Crippen LogP contribution >= 0.6 is 34.9 Å². The molecule has 1 fully saturated rings. The van der Waals surface area contributed by atoms with Crippen LogP contribution in [0, 0.1) is 0 Å². The Balaban J connectivity index is 1.30. The van der Waals surface area contributed by atoms with Crippen molar-refractivity contribution in [2.75, 3.05) is 23.8 Å². The fourth-order valence-corrected chi connectivity index (χ4v) is 7.05. The average molecular weight is 667 g/mol. The van der Waals surface area contributed by atoms with Crippen molar-refractivity contribution in [1.82, 2.24) is 40.1 Å². The van der Waals surface area contributed by atoms with Crippen LogP contribution < -0.4 is 16.5 Å². The third kappa shape index (κ3) is 6.17. The van der Waals surface area contributed by atoms with Crippen molar-refractivity contribution in [1.29, 1.82) is 0 Å². The van der Waals surface area contributed by atoms with Crippen molar-refractivity contribution in [3.8, 4) is 5.75 Å². The highest BCUT2D eigenvalue weighted by Crippen LogP contribution is 2.41. The van der Waals surface area contributed by atoms with E-state index in [1.807, 2.05) is 0 Å². The Morgan fingerprint density at radius 1 is 1.32 bits per heavy atom. The molecule has 0 saturated carbocycles. The quantitative estimate of drug-likeness (QED) is 0.0411. The number of thioether (sulfide) groups is 2. The second kappa shape index (κ2) is 12.9. The molecule has 2 aliphatic heterocycles. The summed E-state index contributed by atoms with van der Waals surface area (Å²) in [5, 5.41) is 57.1. The first-order valence-electron chi connectivity index (χ1n) is 12.3. The largest absolute Gasteiger partial charge is 0.503 e. The van der Waals surface area contributed by atoms with Crippen molar-refractivity contribution in [2.24, 2.45) is 5.16 Å². The Morgan fingerprint density at radius 2 is 2.11 bits per heavy atom. The molecule has 5 rings (SSSR count). The third-order valence-corrected chi connectivity index (χ3v) is 9.22. The molecule has 22 heteroatoms. The molecule has 3 aromatic heterocycles. The van der Waals surface area contributed by atoms with E-state index in [-0.39, 0.29) is 52.6 Å². The van der Waals surface area contributed by atoms with Gasteiger partial charge in [0, 0.05) is 23.0 Å². The number of amides is 2. The fourth-order valence-electron chi connectivity index (χ4n) is 4.12. The van der Waals surface area contributed by atoms with Gasteiger partial charge in [-0.05, 0) is 16.0 Å². The molecule has 7 N–H and O–H groups in total. The number of aromatic nitrogens is 6. The van der Waals surface area contributed by atoms with E-state index in [2.05, 4.69) is 31.0 Å². The summed E-state index contributed by atoms with van der Waals surface area (Å²) >= 11 is 3.42. The van der Waals surface area contributed by atoms with Crippen molar-refractivity contribution in [2.45, 2.75) is 29.7 Å². The first-order valence-corrected chi connectivity index (χ1v) is 15.3. The van der Waals surface area contributed by atoms with Crippen molar-refractivity contribution < 1.29 is 39.7 Å². The fraction of sp³-hybridized carbons (Fsp3) is 0.318. The Bertz CT molecular complexity index is 1740. The first-order chi connectivity index (χ1) is 21.1. The number of β-lactam (4-membered cyclic amide) rings is 1. The number of hydrogen-bond donors (Lipinski definition) is 6. The summed E-state index contributed by atoms with van der Waals surface area (Å²) in [6.07, 6.45) is 0.764. The van der Waals surface area contributed by atoms with Gasteiger partial charge >= 0.3 is 5.97 Å². The maximum absolute atomic E-state index is 13.3. The smallest absolute Gasteiger partial charge is 0.352 e. The van der Waals surface area contributed by atoms with E-state index < -0.39 is 47.0 Å². The van der Waals surface area contributed by atoms with E-state index in [0.29, 0.717) is 15.5 Å². The molecule has 0 unspecified atom stereocenters. The number of nitrogens with one attached hydrogen (secondary N) is 1. The van der Waals surface area contributed by atoms with Crippen LogP contribution in [0.5, 0.6) is 5.75 Å². The van der Waals surface area contributed by atoms with Gasteiger partial charge in [0.05, 0.1) is 19.3 Å². The lowest BCUT2D eigenvalue weighted by atomic mass is 10.0. The molecule has 19 nitrogen and oxygen atoms in total. The van der Waals surface area contributed by atoms with Gasteiger partial charge in [0.25, 0.3) is 11.8 Å². The number of carbonyl (C=O) groups excluding carboxylic acids is 2. The molecule has 2 aliphatic rings. The predicted octanol–water partition coefficient (Wildman–Crippen LogP) is -1.74. The minimum absolute atomic E-state index is 0.0194. The molecule has 3 aromatic rings. The maximum atomic E-state index is 13.3. The Hall–Kier alpha value is -4.67. The summed E-state index contributed by atoms with van der Waals surface area (Å²) in [6, 6.07) is -0.196. The number of carbonyl (C=O) groups is 3. The Morgan fingerprint density at radius 3 is 2.82 bits per heavy atom. The second-order valence-electron chi connectivity index (χ2n) is 8.96. The monoisotopic (exact) mass is 666 g/mol. The number of anilines is 1. The minimum Gasteiger partial charge on any atom is -0.503 e. The number of nitrogens with two attached hydrogens (primary N) is 1. The number of tetrazole rings is 1. The Kier molecular flexibility index (Phi) is 9.03. The molecule has 0 bridgehead atoms.